The highest BCUT2D eigenvalue weighted by Gasteiger charge is 2.08. The highest BCUT2D eigenvalue weighted by Crippen LogP contribution is 2.28. The first-order valence-electron chi connectivity index (χ1n) is 6.04. The standard InChI is InChI=1S/C15H15N3O/c1-18-9-14(16)15(17-18)12-4-3-11-8-13(19-2)6-5-10(11)7-12/h3-9H,16H2,1-2H3. The molecule has 0 spiro atoms. The molecule has 0 radical (unpaired) electrons. The van der Waals surface area contributed by atoms with Gasteiger partial charge in [0.15, 0.2) is 0 Å². The summed E-state index contributed by atoms with van der Waals surface area (Å²) in [4.78, 5) is 0. The van der Waals surface area contributed by atoms with Crippen molar-refractivity contribution in [3.05, 3.63) is 42.6 Å². The maximum atomic E-state index is 5.96. The van der Waals surface area contributed by atoms with Crippen molar-refractivity contribution in [2.24, 2.45) is 7.05 Å². The predicted molar refractivity (Wildman–Crippen MR) is 77.1 cm³/mol. The maximum Gasteiger partial charge on any atom is 0.119 e. The minimum atomic E-state index is 0.690. The molecular formula is C15H15N3O. The van der Waals surface area contributed by atoms with Gasteiger partial charge in [-0.1, -0.05) is 18.2 Å². The van der Waals surface area contributed by atoms with Crippen LogP contribution in [0.3, 0.4) is 0 Å². The number of rotatable bonds is 2. The van der Waals surface area contributed by atoms with Gasteiger partial charge in [0.25, 0.3) is 0 Å². The van der Waals surface area contributed by atoms with Crippen LogP contribution in [-0.2, 0) is 7.05 Å². The zero-order valence-corrected chi connectivity index (χ0v) is 10.9. The molecule has 2 N–H and O–H groups in total. The van der Waals surface area contributed by atoms with Crippen molar-refractivity contribution in [1.82, 2.24) is 9.78 Å². The number of benzene rings is 2. The molecule has 0 bridgehead atoms. The van der Waals surface area contributed by atoms with Crippen LogP contribution in [0.25, 0.3) is 22.0 Å². The SMILES string of the molecule is COc1ccc2cc(-c3nn(C)cc3N)ccc2c1. The van der Waals surface area contributed by atoms with Gasteiger partial charge in [0, 0.05) is 18.8 Å². The van der Waals surface area contributed by atoms with E-state index in [2.05, 4.69) is 17.2 Å². The Labute approximate surface area is 111 Å². The average Bonchev–Trinajstić information content (AvgIpc) is 2.76. The molecule has 0 amide bonds. The number of ether oxygens (including phenoxy) is 1. The number of hydrogen-bond acceptors (Lipinski definition) is 3. The van der Waals surface area contributed by atoms with Crippen LogP contribution < -0.4 is 10.5 Å². The molecule has 0 fully saturated rings. The van der Waals surface area contributed by atoms with E-state index < -0.39 is 0 Å². The van der Waals surface area contributed by atoms with Crippen LogP contribution >= 0.6 is 0 Å². The molecule has 0 aliphatic carbocycles. The van der Waals surface area contributed by atoms with E-state index in [1.165, 1.54) is 0 Å². The lowest BCUT2D eigenvalue weighted by Gasteiger charge is -2.04. The highest BCUT2D eigenvalue weighted by atomic mass is 16.5. The fourth-order valence-corrected chi connectivity index (χ4v) is 2.23. The normalized spacial score (nSPS) is 10.8. The third-order valence-electron chi connectivity index (χ3n) is 3.18. The summed E-state index contributed by atoms with van der Waals surface area (Å²) < 4.78 is 6.95. The molecule has 4 nitrogen and oxygen atoms in total. The van der Waals surface area contributed by atoms with E-state index in [0.29, 0.717) is 5.69 Å². The van der Waals surface area contributed by atoms with Gasteiger partial charge in [0.05, 0.1) is 12.8 Å². The van der Waals surface area contributed by atoms with Crippen LogP contribution in [0.2, 0.25) is 0 Å². The Morgan fingerprint density at radius 3 is 2.53 bits per heavy atom. The molecule has 3 aromatic rings. The van der Waals surface area contributed by atoms with Crippen LogP contribution in [0.4, 0.5) is 5.69 Å². The molecule has 1 heterocycles. The van der Waals surface area contributed by atoms with E-state index in [4.69, 9.17) is 10.5 Å². The first kappa shape index (κ1) is 11.6. The molecule has 0 atom stereocenters. The van der Waals surface area contributed by atoms with Gasteiger partial charge >= 0.3 is 0 Å². The molecule has 96 valence electrons. The van der Waals surface area contributed by atoms with Gasteiger partial charge in [0.1, 0.15) is 11.4 Å². The molecule has 0 aliphatic heterocycles. The zero-order valence-electron chi connectivity index (χ0n) is 10.9. The Hall–Kier alpha value is -2.49. The number of anilines is 1. The minimum Gasteiger partial charge on any atom is -0.497 e. The number of hydrogen-bond donors (Lipinski definition) is 1. The first-order chi connectivity index (χ1) is 9.17. The summed E-state index contributed by atoms with van der Waals surface area (Å²) in [6.45, 7) is 0. The molecular weight excluding hydrogens is 238 g/mol. The van der Waals surface area contributed by atoms with Crippen molar-refractivity contribution in [3.8, 4) is 17.0 Å². The van der Waals surface area contributed by atoms with Crippen molar-refractivity contribution < 1.29 is 4.74 Å². The third-order valence-corrected chi connectivity index (χ3v) is 3.18. The van der Waals surface area contributed by atoms with Gasteiger partial charge in [-0.05, 0) is 29.0 Å². The summed E-state index contributed by atoms with van der Waals surface area (Å²) in [5, 5.41) is 6.67. The Bertz CT molecular complexity index is 746. The van der Waals surface area contributed by atoms with Crippen LogP contribution in [0.1, 0.15) is 0 Å². The Balaban J connectivity index is 2.14. The van der Waals surface area contributed by atoms with Gasteiger partial charge in [-0.25, -0.2) is 0 Å². The second-order valence-electron chi connectivity index (χ2n) is 4.53. The van der Waals surface area contributed by atoms with E-state index in [0.717, 1.165) is 27.8 Å². The fourth-order valence-electron chi connectivity index (χ4n) is 2.23. The highest BCUT2D eigenvalue weighted by molar-refractivity contribution is 5.89. The Kier molecular flexibility index (Phi) is 2.63. The monoisotopic (exact) mass is 253 g/mol. The summed E-state index contributed by atoms with van der Waals surface area (Å²) in [5.41, 5.74) is 8.49. The van der Waals surface area contributed by atoms with Gasteiger partial charge in [0.2, 0.25) is 0 Å². The van der Waals surface area contributed by atoms with Gasteiger partial charge in [-0.3, -0.25) is 4.68 Å². The van der Waals surface area contributed by atoms with Crippen LogP contribution in [0, 0.1) is 0 Å². The van der Waals surface area contributed by atoms with Gasteiger partial charge < -0.3 is 10.5 Å². The van der Waals surface area contributed by atoms with Crippen molar-refractivity contribution in [1.29, 1.82) is 0 Å². The van der Waals surface area contributed by atoms with E-state index in [-0.39, 0.29) is 0 Å². The van der Waals surface area contributed by atoms with Crippen LogP contribution in [0.15, 0.2) is 42.6 Å². The maximum absolute atomic E-state index is 5.96. The molecule has 0 saturated carbocycles. The molecule has 3 rings (SSSR count). The molecule has 0 aliphatic rings. The summed E-state index contributed by atoms with van der Waals surface area (Å²) in [6, 6.07) is 12.2. The smallest absolute Gasteiger partial charge is 0.119 e. The van der Waals surface area contributed by atoms with E-state index in [9.17, 15) is 0 Å². The Morgan fingerprint density at radius 1 is 1.11 bits per heavy atom. The second-order valence-corrected chi connectivity index (χ2v) is 4.53. The number of aryl methyl sites for hydroxylation is 1. The molecule has 1 aromatic heterocycles. The second kappa shape index (κ2) is 4.31. The summed E-state index contributed by atoms with van der Waals surface area (Å²) in [5.74, 6) is 0.859. The molecule has 0 saturated heterocycles. The molecule has 4 heteroatoms. The predicted octanol–water partition coefficient (Wildman–Crippen LogP) is 2.83. The number of methoxy groups -OCH3 is 1. The number of aromatic nitrogens is 2. The molecule has 2 aromatic carbocycles. The van der Waals surface area contributed by atoms with E-state index >= 15 is 0 Å². The lowest BCUT2D eigenvalue weighted by Crippen LogP contribution is -1.89. The van der Waals surface area contributed by atoms with Gasteiger partial charge in [-0.2, -0.15) is 5.10 Å². The van der Waals surface area contributed by atoms with Crippen molar-refractivity contribution in [2.75, 3.05) is 12.8 Å². The quantitative estimate of drug-likeness (QED) is 0.764. The third kappa shape index (κ3) is 2.01. The van der Waals surface area contributed by atoms with Gasteiger partial charge in [-0.15, -0.1) is 0 Å². The van der Waals surface area contributed by atoms with E-state index in [1.54, 1.807) is 11.8 Å². The number of nitrogen functional groups attached to an aromatic ring is 1. The largest absolute Gasteiger partial charge is 0.497 e. The summed E-state index contributed by atoms with van der Waals surface area (Å²) in [7, 11) is 3.54. The summed E-state index contributed by atoms with van der Waals surface area (Å²) in [6.07, 6.45) is 1.81. The lowest BCUT2D eigenvalue weighted by atomic mass is 10.0. The Morgan fingerprint density at radius 2 is 1.84 bits per heavy atom. The van der Waals surface area contributed by atoms with Crippen LogP contribution in [-0.4, -0.2) is 16.9 Å². The topological polar surface area (TPSA) is 53.1 Å². The average molecular weight is 253 g/mol. The van der Waals surface area contributed by atoms with Crippen molar-refractivity contribution in [3.63, 3.8) is 0 Å². The van der Waals surface area contributed by atoms with Crippen molar-refractivity contribution >= 4 is 16.5 Å². The van der Waals surface area contributed by atoms with Crippen LogP contribution in [0.5, 0.6) is 5.75 Å². The number of nitrogens with two attached hydrogens (primary N) is 1. The summed E-state index contributed by atoms with van der Waals surface area (Å²) >= 11 is 0. The first-order valence-corrected chi connectivity index (χ1v) is 6.04. The van der Waals surface area contributed by atoms with Crippen molar-refractivity contribution in [2.45, 2.75) is 0 Å². The number of nitrogens with zero attached hydrogens (tertiary/aromatic N) is 2. The molecule has 19 heavy (non-hydrogen) atoms. The lowest BCUT2D eigenvalue weighted by molar-refractivity contribution is 0.415. The zero-order chi connectivity index (χ0) is 13.4. The fraction of sp³-hybridized carbons (Fsp3) is 0.133. The molecule has 0 unspecified atom stereocenters. The number of fused-ring (bicyclic) bond motifs is 1. The van der Waals surface area contributed by atoms with E-state index in [1.807, 2.05) is 37.5 Å². The minimum absolute atomic E-state index is 0.690.